The molecule has 0 atom stereocenters. The highest BCUT2D eigenvalue weighted by Gasteiger charge is 1.95. The highest BCUT2D eigenvalue weighted by atomic mass is 15.2. The lowest BCUT2D eigenvalue weighted by molar-refractivity contribution is 0.613. The number of guanidine groups is 1. The summed E-state index contributed by atoms with van der Waals surface area (Å²) in [6.07, 6.45) is 0. The Labute approximate surface area is 61.5 Å². The standard InChI is InChI=1S/C6H14N4/c1-5(7)9-6(8-2)10(3)4/h1-4H3,(H2,7,8,9). The summed E-state index contributed by atoms with van der Waals surface area (Å²) in [6, 6.07) is 0. The molecule has 0 aliphatic carbocycles. The van der Waals surface area contributed by atoms with Crippen LogP contribution in [0.3, 0.4) is 0 Å². The normalized spacial score (nSPS) is 13.6. The van der Waals surface area contributed by atoms with E-state index in [0.717, 1.165) is 0 Å². The summed E-state index contributed by atoms with van der Waals surface area (Å²) in [6.45, 7) is 1.73. The number of hydrogen-bond donors (Lipinski definition) is 1. The highest BCUT2D eigenvalue weighted by molar-refractivity contribution is 5.93. The molecule has 10 heavy (non-hydrogen) atoms. The zero-order chi connectivity index (χ0) is 8.15. The molecule has 0 amide bonds. The first kappa shape index (κ1) is 8.94. The quantitative estimate of drug-likeness (QED) is 0.379. The molecule has 2 N–H and O–H groups in total. The van der Waals surface area contributed by atoms with Gasteiger partial charge in [-0.25, -0.2) is 4.99 Å². The van der Waals surface area contributed by atoms with Crippen molar-refractivity contribution in [1.82, 2.24) is 4.90 Å². The lowest BCUT2D eigenvalue weighted by Gasteiger charge is -2.09. The Hall–Kier alpha value is -1.06. The number of hydrogen-bond acceptors (Lipinski definition) is 1. The van der Waals surface area contributed by atoms with Crippen molar-refractivity contribution in [3.05, 3.63) is 0 Å². The van der Waals surface area contributed by atoms with Gasteiger partial charge in [-0.3, -0.25) is 4.99 Å². The first-order valence-corrected chi connectivity index (χ1v) is 3.02. The van der Waals surface area contributed by atoms with E-state index in [0.29, 0.717) is 11.8 Å². The van der Waals surface area contributed by atoms with E-state index in [2.05, 4.69) is 9.98 Å². The van der Waals surface area contributed by atoms with Gasteiger partial charge < -0.3 is 10.6 Å². The second kappa shape index (κ2) is 3.87. The number of nitrogens with two attached hydrogens (primary N) is 1. The monoisotopic (exact) mass is 142 g/mol. The van der Waals surface area contributed by atoms with E-state index in [1.54, 1.807) is 18.9 Å². The van der Waals surface area contributed by atoms with Gasteiger partial charge in [0.05, 0.1) is 5.84 Å². The van der Waals surface area contributed by atoms with Gasteiger partial charge in [0.1, 0.15) is 0 Å². The molecule has 58 valence electrons. The molecule has 4 heteroatoms. The molecule has 0 saturated carbocycles. The molecular formula is C6H14N4. The van der Waals surface area contributed by atoms with Gasteiger partial charge in [0.25, 0.3) is 0 Å². The number of amidine groups is 1. The third kappa shape index (κ3) is 3.06. The van der Waals surface area contributed by atoms with Crippen LogP contribution < -0.4 is 5.73 Å². The average Bonchev–Trinajstić information content (AvgIpc) is 1.81. The predicted molar refractivity (Wildman–Crippen MR) is 44.3 cm³/mol. The highest BCUT2D eigenvalue weighted by Crippen LogP contribution is 1.84. The van der Waals surface area contributed by atoms with Gasteiger partial charge in [-0.05, 0) is 6.92 Å². The molecule has 0 heterocycles. The molecule has 0 aromatic rings. The molecular weight excluding hydrogens is 128 g/mol. The van der Waals surface area contributed by atoms with Crippen molar-refractivity contribution in [2.45, 2.75) is 6.92 Å². The van der Waals surface area contributed by atoms with Crippen molar-refractivity contribution in [3.8, 4) is 0 Å². The van der Waals surface area contributed by atoms with E-state index in [-0.39, 0.29) is 0 Å². The van der Waals surface area contributed by atoms with E-state index in [1.807, 2.05) is 14.1 Å². The van der Waals surface area contributed by atoms with E-state index >= 15 is 0 Å². The minimum absolute atomic E-state index is 0.522. The zero-order valence-electron chi connectivity index (χ0n) is 6.92. The molecule has 0 radical (unpaired) electrons. The minimum atomic E-state index is 0.522. The van der Waals surface area contributed by atoms with Crippen molar-refractivity contribution in [2.75, 3.05) is 21.1 Å². The number of nitrogens with zero attached hydrogens (tertiary/aromatic N) is 3. The summed E-state index contributed by atoms with van der Waals surface area (Å²) >= 11 is 0. The summed E-state index contributed by atoms with van der Waals surface area (Å²) in [5, 5.41) is 0. The lowest BCUT2D eigenvalue weighted by atomic mass is 10.7. The molecule has 0 unspecified atom stereocenters. The summed E-state index contributed by atoms with van der Waals surface area (Å²) in [7, 11) is 5.42. The van der Waals surface area contributed by atoms with Gasteiger partial charge in [-0.2, -0.15) is 0 Å². The van der Waals surface area contributed by atoms with Crippen molar-refractivity contribution in [1.29, 1.82) is 0 Å². The van der Waals surface area contributed by atoms with Gasteiger partial charge in [-0.15, -0.1) is 0 Å². The average molecular weight is 142 g/mol. The Morgan fingerprint density at radius 1 is 1.40 bits per heavy atom. The minimum Gasteiger partial charge on any atom is -0.387 e. The van der Waals surface area contributed by atoms with Crippen LogP contribution in [0.15, 0.2) is 9.98 Å². The molecule has 0 saturated heterocycles. The van der Waals surface area contributed by atoms with Crippen molar-refractivity contribution in [2.24, 2.45) is 15.7 Å². The Kier molecular flexibility index (Phi) is 3.46. The van der Waals surface area contributed by atoms with Crippen LogP contribution in [-0.2, 0) is 0 Å². The van der Waals surface area contributed by atoms with Gasteiger partial charge in [0.2, 0.25) is 5.96 Å². The van der Waals surface area contributed by atoms with Gasteiger partial charge >= 0.3 is 0 Å². The Morgan fingerprint density at radius 2 is 1.90 bits per heavy atom. The van der Waals surface area contributed by atoms with Crippen LogP contribution in [0.2, 0.25) is 0 Å². The first-order valence-electron chi connectivity index (χ1n) is 3.02. The topological polar surface area (TPSA) is 54.0 Å². The van der Waals surface area contributed by atoms with Crippen molar-refractivity contribution in [3.63, 3.8) is 0 Å². The number of rotatable bonds is 0. The SMILES string of the molecule is CN=C(/N=C(/C)N)N(C)C. The molecule has 4 nitrogen and oxygen atoms in total. The van der Waals surface area contributed by atoms with Crippen LogP contribution in [0.25, 0.3) is 0 Å². The van der Waals surface area contributed by atoms with Crippen LogP contribution in [0, 0.1) is 0 Å². The van der Waals surface area contributed by atoms with Gasteiger partial charge in [0, 0.05) is 21.1 Å². The van der Waals surface area contributed by atoms with Crippen molar-refractivity contribution < 1.29 is 0 Å². The lowest BCUT2D eigenvalue weighted by Crippen LogP contribution is -2.22. The maximum atomic E-state index is 5.35. The second-order valence-corrected chi connectivity index (χ2v) is 2.17. The van der Waals surface area contributed by atoms with Crippen LogP contribution in [-0.4, -0.2) is 37.8 Å². The van der Waals surface area contributed by atoms with Crippen LogP contribution in [0.4, 0.5) is 0 Å². The van der Waals surface area contributed by atoms with Crippen LogP contribution in [0.5, 0.6) is 0 Å². The fraction of sp³-hybridized carbons (Fsp3) is 0.667. The first-order chi connectivity index (χ1) is 4.57. The summed E-state index contributed by atoms with van der Waals surface area (Å²) in [4.78, 5) is 9.67. The summed E-state index contributed by atoms with van der Waals surface area (Å²) < 4.78 is 0. The molecule has 0 aromatic carbocycles. The van der Waals surface area contributed by atoms with E-state index in [4.69, 9.17) is 5.73 Å². The fourth-order valence-electron chi connectivity index (χ4n) is 0.508. The van der Waals surface area contributed by atoms with E-state index in [1.165, 1.54) is 0 Å². The zero-order valence-corrected chi connectivity index (χ0v) is 6.92. The van der Waals surface area contributed by atoms with Crippen LogP contribution in [0.1, 0.15) is 6.92 Å². The van der Waals surface area contributed by atoms with Gasteiger partial charge in [-0.1, -0.05) is 0 Å². The molecule has 0 spiro atoms. The summed E-state index contributed by atoms with van der Waals surface area (Å²) in [5.41, 5.74) is 5.35. The molecule has 0 aliphatic rings. The molecule has 0 fully saturated rings. The van der Waals surface area contributed by atoms with Gasteiger partial charge in [0.15, 0.2) is 0 Å². The molecule has 0 bridgehead atoms. The van der Waals surface area contributed by atoms with E-state index in [9.17, 15) is 0 Å². The molecule has 0 aliphatic heterocycles. The Balaban J connectivity index is 4.26. The molecule has 0 aromatic heterocycles. The Bertz CT molecular complexity index is 153. The maximum Gasteiger partial charge on any atom is 0.221 e. The van der Waals surface area contributed by atoms with Crippen molar-refractivity contribution >= 4 is 11.8 Å². The third-order valence-corrected chi connectivity index (χ3v) is 0.876. The smallest absolute Gasteiger partial charge is 0.221 e. The number of aliphatic imine (C=N–C) groups is 2. The predicted octanol–water partition coefficient (Wildman–Crippen LogP) is -0.0891. The second-order valence-electron chi connectivity index (χ2n) is 2.17. The molecule has 0 rings (SSSR count). The fourth-order valence-corrected chi connectivity index (χ4v) is 0.508. The van der Waals surface area contributed by atoms with Crippen LogP contribution >= 0.6 is 0 Å². The third-order valence-electron chi connectivity index (χ3n) is 0.876. The largest absolute Gasteiger partial charge is 0.387 e. The Morgan fingerprint density at radius 3 is 2.00 bits per heavy atom. The maximum absolute atomic E-state index is 5.35. The summed E-state index contributed by atoms with van der Waals surface area (Å²) in [5.74, 6) is 1.16. The van der Waals surface area contributed by atoms with E-state index < -0.39 is 0 Å².